The van der Waals surface area contributed by atoms with E-state index in [1.807, 2.05) is 6.92 Å². The van der Waals surface area contributed by atoms with Crippen LogP contribution in [0, 0.1) is 5.41 Å². The number of carboxylic acids is 1. The quantitative estimate of drug-likeness (QED) is 0.716. The van der Waals surface area contributed by atoms with Crippen molar-refractivity contribution in [1.29, 1.82) is 0 Å². The van der Waals surface area contributed by atoms with Gasteiger partial charge in [0.15, 0.2) is 0 Å². The van der Waals surface area contributed by atoms with Gasteiger partial charge in [0.1, 0.15) is 0 Å². The minimum Gasteiger partial charge on any atom is -0.481 e. The molecule has 1 aromatic carbocycles. The van der Waals surface area contributed by atoms with Crippen molar-refractivity contribution in [3.63, 3.8) is 0 Å². The van der Waals surface area contributed by atoms with Crippen molar-refractivity contribution in [1.82, 2.24) is 0 Å². The van der Waals surface area contributed by atoms with E-state index in [1.165, 1.54) is 0 Å². The standard InChI is InChI=1S/C13H18N2O3/c1-3-13(2,12(17)18)8-15-10-6-4-9(5-7-10)11(14)16/h4-7,15H,3,8H2,1-2H3,(H2,14,16)(H,17,18). The monoisotopic (exact) mass is 250 g/mol. The van der Waals surface area contributed by atoms with Crippen LogP contribution in [-0.4, -0.2) is 23.5 Å². The fourth-order valence-electron chi connectivity index (χ4n) is 1.40. The summed E-state index contributed by atoms with van der Waals surface area (Å²) in [6, 6.07) is 6.62. The summed E-state index contributed by atoms with van der Waals surface area (Å²) >= 11 is 0. The third-order valence-electron chi connectivity index (χ3n) is 3.15. The van der Waals surface area contributed by atoms with E-state index in [9.17, 15) is 9.59 Å². The maximum Gasteiger partial charge on any atom is 0.311 e. The second kappa shape index (κ2) is 5.53. The van der Waals surface area contributed by atoms with Gasteiger partial charge in [0.05, 0.1) is 5.41 Å². The molecule has 4 N–H and O–H groups in total. The van der Waals surface area contributed by atoms with E-state index in [-0.39, 0.29) is 0 Å². The zero-order chi connectivity index (χ0) is 13.8. The molecule has 0 bridgehead atoms. The predicted octanol–water partition coefficient (Wildman–Crippen LogP) is 1.70. The zero-order valence-electron chi connectivity index (χ0n) is 10.6. The highest BCUT2D eigenvalue weighted by molar-refractivity contribution is 5.93. The Balaban J connectivity index is 2.69. The van der Waals surface area contributed by atoms with Crippen LogP contribution in [-0.2, 0) is 4.79 Å². The van der Waals surface area contributed by atoms with Gasteiger partial charge in [0, 0.05) is 17.8 Å². The van der Waals surface area contributed by atoms with E-state index in [0.29, 0.717) is 18.5 Å². The Labute approximate surface area is 106 Å². The molecule has 0 aliphatic heterocycles. The number of benzene rings is 1. The molecule has 0 spiro atoms. The lowest BCUT2D eigenvalue weighted by atomic mass is 9.87. The van der Waals surface area contributed by atoms with Gasteiger partial charge < -0.3 is 16.2 Å². The summed E-state index contributed by atoms with van der Waals surface area (Å²) in [5, 5.41) is 12.2. The molecule has 0 saturated carbocycles. The number of rotatable bonds is 6. The molecule has 0 heterocycles. The Hall–Kier alpha value is -2.04. The molecule has 1 atom stereocenters. The average Bonchev–Trinajstić information content (AvgIpc) is 2.36. The number of nitrogens with two attached hydrogens (primary N) is 1. The number of aliphatic carboxylic acids is 1. The van der Waals surface area contributed by atoms with Gasteiger partial charge in [-0.25, -0.2) is 0 Å². The number of carboxylic acid groups (broad SMARTS) is 1. The molecule has 5 heteroatoms. The second-order valence-corrected chi connectivity index (χ2v) is 4.51. The lowest BCUT2D eigenvalue weighted by Gasteiger charge is -2.23. The van der Waals surface area contributed by atoms with Crippen LogP contribution in [0.15, 0.2) is 24.3 Å². The summed E-state index contributed by atoms with van der Waals surface area (Å²) in [6.07, 6.45) is 0.536. The molecule has 5 nitrogen and oxygen atoms in total. The van der Waals surface area contributed by atoms with Crippen LogP contribution in [0.25, 0.3) is 0 Å². The first-order valence-corrected chi connectivity index (χ1v) is 5.76. The molecule has 0 aliphatic carbocycles. The van der Waals surface area contributed by atoms with Crippen molar-refractivity contribution in [2.45, 2.75) is 20.3 Å². The maximum absolute atomic E-state index is 11.1. The number of hydrogen-bond acceptors (Lipinski definition) is 3. The third-order valence-corrected chi connectivity index (χ3v) is 3.15. The number of carbonyl (C=O) groups is 2. The maximum atomic E-state index is 11.1. The van der Waals surface area contributed by atoms with Crippen molar-refractivity contribution in [2.24, 2.45) is 11.1 Å². The minimum atomic E-state index is -0.828. The summed E-state index contributed by atoms with van der Waals surface area (Å²) in [6.45, 7) is 3.86. The molecule has 18 heavy (non-hydrogen) atoms. The van der Waals surface area contributed by atoms with Gasteiger partial charge in [0.25, 0.3) is 0 Å². The second-order valence-electron chi connectivity index (χ2n) is 4.51. The zero-order valence-corrected chi connectivity index (χ0v) is 10.6. The Kier molecular flexibility index (Phi) is 4.31. The highest BCUT2D eigenvalue weighted by atomic mass is 16.4. The van der Waals surface area contributed by atoms with Gasteiger partial charge in [-0.3, -0.25) is 9.59 Å². The third kappa shape index (κ3) is 3.23. The van der Waals surface area contributed by atoms with Crippen LogP contribution in [0.5, 0.6) is 0 Å². The first kappa shape index (κ1) is 14.0. The predicted molar refractivity (Wildman–Crippen MR) is 69.5 cm³/mol. The number of hydrogen-bond donors (Lipinski definition) is 3. The molecule has 1 unspecified atom stereocenters. The SMILES string of the molecule is CCC(C)(CNc1ccc(C(N)=O)cc1)C(=O)O. The van der Waals surface area contributed by atoms with E-state index < -0.39 is 17.3 Å². The Morgan fingerprint density at radius 2 is 1.89 bits per heavy atom. The van der Waals surface area contributed by atoms with Gasteiger partial charge in [-0.2, -0.15) is 0 Å². The molecule has 0 saturated heterocycles. The Bertz CT molecular complexity index is 442. The van der Waals surface area contributed by atoms with Gasteiger partial charge in [-0.05, 0) is 37.6 Å². The lowest BCUT2D eigenvalue weighted by Crippen LogP contribution is -2.34. The van der Waals surface area contributed by atoms with Crippen LogP contribution >= 0.6 is 0 Å². The molecule has 1 rings (SSSR count). The summed E-state index contributed by atoms with van der Waals surface area (Å²) in [5.74, 6) is -1.31. The molecule has 0 fully saturated rings. The van der Waals surface area contributed by atoms with Crippen LogP contribution in [0.4, 0.5) is 5.69 Å². The van der Waals surface area contributed by atoms with Gasteiger partial charge >= 0.3 is 5.97 Å². The number of primary amides is 1. The summed E-state index contributed by atoms with van der Waals surface area (Å²) in [5.41, 5.74) is 5.52. The van der Waals surface area contributed by atoms with Gasteiger partial charge in [-0.1, -0.05) is 6.92 Å². The van der Waals surface area contributed by atoms with E-state index in [2.05, 4.69) is 5.32 Å². The highest BCUT2D eigenvalue weighted by Crippen LogP contribution is 2.22. The summed E-state index contributed by atoms with van der Waals surface area (Å²) in [7, 11) is 0. The number of anilines is 1. The summed E-state index contributed by atoms with van der Waals surface area (Å²) < 4.78 is 0. The number of carbonyl (C=O) groups excluding carboxylic acids is 1. The largest absolute Gasteiger partial charge is 0.481 e. The molecule has 0 radical (unpaired) electrons. The number of amides is 1. The van der Waals surface area contributed by atoms with E-state index >= 15 is 0 Å². The molecule has 1 amide bonds. The lowest BCUT2D eigenvalue weighted by molar-refractivity contribution is -0.147. The summed E-state index contributed by atoms with van der Waals surface area (Å²) in [4.78, 5) is 22.0. The fourth-order valence-corrected chi connectivity index (χ4v) is 1.40. The topological polar surface area (TPSA) is 92.4 Å². The fraction of sp³-hybridized carbons (Fsp3) is 0.385. The van der Waals surface area contributed by atoms with Crippen LogP contribution in [0.1, 0.15) is 30.6 Å². The normalized spacial score (nSPS) is 13.7. The van der Waals surface area contributed by atoms with Crippen LogP contribution in [0.3, 0.4) is 0 Å². The highest BCUT2D eigenvalue weighted by Gasteiger charge is 2.30. The van der Waals surface area contributed by atoms with Crippen molar-refractivity contribution < 1.29 is 14.7 Å². The first-order valence-electron chi connectivity index (χ1n) is 5.76. The van der Waals surface area contributed by atoms with Crippen molar-refractivity contribution >= 4 is 17.6 Å². The average molecular weight is 250 g/mol. The Morgan fingerprint density at radius 3 is 2.28 bits per heavy atom. The molecular formula is C13H18N2O3. The minimum absolute atomic E-state index is 0.328. The number of nitrogens with one attached hydrogen (secondary N) is 1. The molecule has 98 valence electrons. The van der Waals surface area contributed by atoms with Crippen molar-refractivity contribution in [3.05, 3.63) is 29.8 Å². The smallest absolute Gasteiger partial charge is 0.311 e. The van der Waals surface area contributed by atoms with Gasteiger partial charge in [0.2, 0.25) is 5.91 Å². The van der Waals surface area contributed by atoms with E-state index in [4.69, 9.17) is 10.8 Å². The Morgan fingerprint density at radius 1 is 1.33 bits per heavy atom. The van der Waals surface area contributed by atoms with Gasteiger partial charge in [-0.15, -0.1) is 0 Å². The van der Waals surface area contributed by atoms with Crippen molar-refractivity contribution in [2.75, 3.05) is 11.9 Å². The molecular weight excluding hydrogens is 232 g/mol. The van der Waals surface area contributed by atoms with Crippen LogP contribution < -0.4 is 11.1 Å². The van der Waals surface area contributed by atoms with E-state index in [1.54, 1.807) is 31.2 Å². The molecule has 0 aliphatic rings. The van der Waals surface area contributed by atoms with E-state index in [0.717, 1.165) is 5.69 Å². The molecule has 1 aromatic rings. The van der Waals surface area contributed by atoms with Crippen LogP contribution in [0.2, 0.25) is 0 Å². The molecule has 0 aromatic heterocycles. The first-order chi connectivity index (χ1) is 8.39. The van der Waals surface area contributed by atoms with Crippen molar-refractivity contribution in [3.8, 4) is 0 Å².